The Morgan fingerprint density at radius 3 is 3.06 bits per heavy atom. The minimum atomic E-state index is -0.336. The van der Waals surface area contributed by atoms with E-state index in [4.69, 9.17) is 4.74 Å². The van der Waals surface area contributed by atoms with E-state index in [-0.39, 0.29) is 12.2 Å². The zero-order valence-corrected chi connectivity index (χ0v) is 11.0. The summed E-state index contributed by atoms with van der Waals surface area (Å²) in [5.41, 5.74) is 0.953. The fourth-order valence-corrected chi connectivity index (χ4v) is 2.48. The molecular weight excluding hydrogens is 236 g/mol. The van der Waals surface area contributed by atoms with Gasteiger partial charge in [0, 0.05) is 31.3 Å². The van der Waals surface area contributed by atoms with E-state index in [0.29, 0.717) is 6.42 Å². The van der Waals surface area contributed by atoms with E-state index >= 15 is 0 Å². The van der Waals surface area contributed by atoms with Crippen molar-refractivity contribution in [3.05, 3.63) is 23.5 Å². The second-order valence-electron chi connectivity index (χ2n) is 4.31. The van der Waals surface area contributed by atoms with Gasteiger partial charge in [-0.1, -0.05) is 0 Å². The van der Waals surface area contributed by atoms with Gasteiger partial charge in [0.1, 0.15) is 0 Å². The third kappa shape index (κ3) is 3.28. The van der Waals surface area contributed by atoms with Crippen LogP contribution in [0.5, 0.6) is 0 Å². The Balaban J connectivity index is 1.86. The number of hydrogen-bond donors (Lipinski definition) is 1. The number of imidazole rings is 1. The van der Waals surface area contributed by atoms with Gasteiger partial charge in [-0.2, -0.15) is 0 Å². The van der Waals surface area contributed by atoms with Crippen LogP contribution >= 0.6 is 11.3 Å². The number of ether oxygens (including phenoxy) is 1. The van der Waals surface area contributed by atoms with Gasteiger partial charge < -0.3 is 9.84 Å². The molecule has 0 fully saturated rings. The summed E-state index contributed by atoms with van der Waals surface area (Å²) in [4.78, 5) is 5.43. The molecule has 94 valence electrons. The Morgan fingerprint density at radius 1 is 1.53 bits per heavy atom. The van der Waals surface area contributed by atoms with Crippen molar-refractivity contribution >= 4 is 16.3 Å². The van der Waals surface area contributed by atoms with Crippen LogP contribution in [0.1, 0.15) is 25.5 Å². The van der Waals surface area contributed by atoms with E-state index in [1.807, 2.05) is 29.1 Å². The third-order valence-corrected chi connectivity index (χ3v) is 3.67. The summed E-state index contributed by atoms with van der Waals surface area (Å²) in [5, 5.41) is 11.9. The van der Waals surface area contributed by atoms with Gasteiger partial charge in [0.15, 0.2) is 4.96 Å². The van der Waals surface area contributed by atoms with Gasteiger partial charge in [-0.05, 0) is 19.8 Å². The van der Waals surface area contributed by atoms with Gasteiger partial charge in [0.2, 0.25) is 0 Å². The molecule has 1 N–H and O–H groups in total. The Kier molecular flexibility index (Phi) is 4.15. The molecule has 0 saturated carbocycles. The summed E-state index contributed by atoms with van der Waals surface area (Å²) in [5.74, 6) is 0. The quantitative estimate of drug-likeness (QED) is 0.859. The lowest BCUT2D eigenvalue weighted by Gasteiger charge is -2.12. The molecule has 2 aromatic heterocycles. The first-order chi connectivity index (χ1) is 8.19. The van der Waals surface area contributed by atoms with Crippen LogP contribution in [0.4, 0.5) is 0 Å². The Labute approximate surface area is 105 Å². The van der Waals surface area contributed by atoms with Crippen molar-refractivity contribution < 1.29 is 9.84 Å². The maximum atomic E-state index is 9.91. The molecule has 0 saturated heterocycles. The normalized spacial score (nSPS) is 15.2. The van der Waals surface area contributed by atoms with Crippen molar-refractivity contribution in [2.24, 2.45) is 0 Å². The molecule has 0 aromatic carbocycles. The average Bonchev–Trinajstić information content (AvgIpc) is 2.86. The SMILES string of the molecule is COC(C)CCC(O)Cc1cn2ccsc2n1. The van der Waals surface area contributed by atoms with E-state index in [2.05, 4.69) is 4.98 Å². The summed E-state index contributed by atoms with van der Waals surface area (Å²) in [6.45, 7) is 2.01. The molecule has 0 bridgehead atoms. The maximum Gasteiger partial charge on any atom is 0.193 e. The van der Waals surface area contributed by atoms with E-state index < -0.39 is 0 Å². The molecule has 17 heavy (non-hydrogen) atoms. The molecule has 0 aliphatic rings. The van der Waals surface area contributed by atoms with Crippen molar-refractivity contribution in [2.75, 3.05) is 7.11 Å². The van der Waals surface area contributed by atoms with Crippen molar-refractivity contribution in [3.63, 3.8) is 0 Å². The third-order valence-electron chi connectivity index (χ3n) is 2.90. The number of methoxy groups -OCH3 is 1. The molecular formula is C12H18N2O2S. The molecule has 0 amide bonds. The van der Waals surface area contributed by atoms with E-state index in [9.17, 15) is 5.11 Å². The van der Waals surface area contributed by atoms with Crippen LogP contribution in [0.2, 0.25) is 0 Å². The van der Waals surface area contributed by atoms with Gasteiger partial charge in [-0.15, -0.1) is 11.3 Å². The van der Waals surface area contributed by atoms with Crippen LogP contribution in [-0.2, 0) is 11.2 Å². The number of aliphatic hydroxyl groups is 1. The number of hydrogen-bond acceptors (Lipinski definition) is 4. The summed E-state index contributed by atoms with van der Waals surface area (Å²) in [6, 6.07) is 0. The van der Waals surface area contributed by atoms with E-state index in [0.717, 1.165) is 23.5 Å². The van der Waals surface area contributed by atoms with E-state index in [1.165, 1.54) is 0 Å². The van der Waals surface area contributed by atoms with Gasteiger partial charge >= 0.3 is 0 Å². The van der Waals surface area contributed by atoms with Gasteiger partial charge in [0.25, 0.3) is 0 Å². The standard InChI is InChI=1S/C12H18N2O2S/c1-9(16-2)3-4-11(15)7-10-8-14-5-6-17-12(14)13-10/h5-6,8-9,11,15H,3-4,7H2,1-2H3. The lowest BCUT2D eigenvalue weighted by molar-refractivity contribution is 0.0849. The number of aliphatic hydroxyl groups excluding tert-OH is 1. The number of thiazole rings is 1. The highest BCUT2D eigenvalue weighted by Crippen LogP contribution is 2.14. The molecule has 2 heterocycles. The highest BCUT2D eigenvalue weighted by molar-refractivity contribution is 7.15. The highest BCUT2D eigenvalue weighted by atomic mass is 32.1. The lowest BCUT2D eigenvalue weighted by atomic mass is 10.1. The number of nitrogens with zero attached hydrogens (tertiary/aromatic N) is 2. The zero-order valence-electron chi connectivity index (χ0n) is 10.2. The molecule has 2 aromatic rings. The van der Waals surface area contributed by atoms with Crippen LogP contribution in [0.3, 0.4) is 0 Å². The zero-order chi connectivity index (χ0) is 12.3. The molecule has 2 unspecified atom stereocenters. The summed E-state index contributed by atoms with van der Waals surface area (Å²) in [6.07, 6.45) is 6.07. The number of fused-ring (bicyclic) bond motifs is 1. The van der Waals surface area contributed by atoms with Crippen molar-refractivity contribution in [1.82, 2.24) is 9.38 Å². The van der Waals surface area contributed by atoms with Crippen LogP contribution in [0, 0.1) is 0 Å². The van der Waals surface area contributed by atoms with Gasteiger partial charge in [-0.25, -0.2) is 4.98 Å². The summed E-state index contributed by atoms with van der Waals surface area (Å²) >= 11 is 1.61. The topological polar surface area (TPSA) is 46.8 Å². The Bertz CT molecular complexity index is 437. The minimum Gasteiger partial charge on any atom is -0.393 e. The van der Waals surface area contributed by atoms with Crippen LogP contribution in [0.25, 0.3) is 4.96 Å². The molecule has 2 atom stereocenters. The van der Waals surface area contributed by atoms with Gasteiger partial charge in [0.05, 0.1) is 17.9 Å². The predicted molar refractivity (Wildman–Crippen MR) is 68.5 cm³/mol. The largest absolute Gasteiger partial charge is 0.393 e. The predicted octanol–water partition coefficient (Wildman–Crippen LogP) is 2.11. The first-order valence-corrected chi connectivity index (χ1v) is 6.69. The molecule has 0 aliphatic heterocycles. The molecule has 2 rings (SSSR count). The lowest BCUT2D eigenvalue weighted by Crippen LogP contribution is -2.15. The Morgan fingerprint density at radius 2 is 2.35 bits per heavy atom. The molecule has 0 spiro atoms. The molecule has 0 aliphatic carbocycles. The van der Waals surface area contributed by atoms with Crippen LogP contribution < -0.4 is 0 Å². The monoisotopic (exact) mass is 254 g/mol. The first kappa shape index (κ1) is 12.5. The average molecular weight is 254 g/mol. The van der Waals surface area contributed by atoms with Crippen LogP contribution in [-0.4, -0.2) is 33.8 Å². The maximum absolute atomic E-state index is 9.91. The number of aromatic nitrogens is 2. The van der Waals surface area contributed by atoms with E-state index in [1.54, 1.807) is 18.4 Å². The molecule has 5 heteroatoms. The number of rotatable bonds is 6. The van der Waals surface area contributed by atoms with Crippen molar-refractivity contribution in [3.8, 4) is 0 Å². The fourth-order valence-electron chi connectivity index (χ4n) is 1.76. The Hall–Kier alpha value is -0.910. The molecule has 4 nitrogen and oxygen atoms in total. The second kappa shape index (κ2) is 5.62. The summed E-state index contributed by atoms with van der Waals surface area (Å²) < 4.78 is 7.15. The van der Waals surface area contributed by atoms with Crippen LogP contribution in [0.15, 0.2) is 17.8 Å². The molecule has 0 radical (unpaired) electrons. The van der Waals surface area contributed by atoms with Crippen molar-refractivity contribution in [2.45, 2.75) is 38.4 Å². The highest BCUT2D eigenvalue weighted by Gasteiger charge is 2.11. The fraction of sp³-hybridized carbons (Fsp3) is 0.583. The van der Waals surface area contributed by atoms with Crippen molar-refractivity contribution in [1.29, 1.82) is 0 Å². The second-order valence-corrected chi connectivity index (χ2v) is 5.18. The van der Waals surface area contributed by atoms with Gasteiger partial charge in [-0.3, -0.25) is 4.40 Å². The summed E-state index contributed by atoms with van der Waals surface area (Å²) in [7, 11) is 1.69. The minimum absolute atomic E-state index is 0.204. The smallest absolute Gasteiger partial charge is 0.193 e. The first-order valence-electron chi connectivity index (χ1n) is 5.81.